The topological polar surface area (TPSA) is 55.2 Å². The summed E-state index contributed by atoms with van der Waals surface area (Å²) in [4.78, 5) is 28.9. The molecule has 0 N–H and O–H groups in total. The van der Waals surface area contributed by atoms with E-state index in [0.717, 1.165) is 35.2 Å². The van der Waals surface area contributed by atoms with Gasteiger partial charge >= 0.3 is 0 Å². The van der Waals surface area contributed by atoms with Crippen LogP contribution in [0.5, 0.6) is 0 Å². The van der Waals surface area contributed by atoms with Crippen LogP contribution in [0.15, 0.2) is 46.6 Å². The number of likely N-dealkylation sites (tertiary alicyclic amines) is 1. The van der Waals surface area contributed by atoms with E-state index in [4.69, 9.17) is 0 Å². The van der Waals surface area contributed by atoms with Crippen LogP contribution in [-0.4, -0.2) is 32.7 Å². The van der Waals surface area contributed by atoms with Crippen LogP contribution in [0.25, 0.3) is 21.3 Å². The van der Waals surface area contributed by atoms with Crippen LogP contribution >= 0.6 is 11.3 Å². The van der Waals surface area contributed by atoms with Gasteiger partial charge in [0, 0.05) is 17.5 Å². The highest BCUT2D eigenvalue weighted by atomic mass is 32.1. The van der Waals surface area contributed by atoms with Crippen molar-refractivity contribution in [1.82, 2.24) is 14.7 Å². The number of aromatic nitrogens is 2. The molecule has 4 rings (SSSR count). The molecule has 140 valence electrons. The normalized spacial score (nSPS) is 20.1. The second-order valence-corrected chi connectivity index (χ2v) is 8.21. The second kappa shape index (κ2) is 7.27. The zero-order valence-corrected chi connectivity index (χ0v) is 16.4. The molecule has 6 heteroatoms. The number of hydrogen-bond donors (Lipinski definition) is 0. The third-order valence-electron chi connectivity index (χ3n) is 5.39. The lowest BCUT2D eigenvalue weighted by Crippen LogP contribution is -2.49. The third-order valence-corrected chi connectivity index (χ3v) is 6.27. The van der Waals surface area contributed by atoms with Gasteiger partial charge in [0.15, 0.2) is 0 Å². The number of fused-ring (bicyclic) bond motifs is 1. The number of benzene rings is 1. The highest BCUT2D eigenvalue weighted by molar-refractivity contribution is 7.13. The van der Waals surface area contributed by atoms with Gasteiger partial charge in [-0.05, 0) is 50.6 Å². The Balaban J connectivity index is 1.77. The van der Waals surface area contributed by atoms with E-state index in [0.29, 0.717) is 5.39 Å². The van der Waals surface area contributed by atoms with Crippen LogP contribution in [-0.2, 0) is 11.3 Å². The minimum absolute atomic E-state index is 0.0171. The Labute approximate surface area is 162 Å². The number of piperidine rings is 1. The average molecular weight is 382 g/mol. The molecule has 2 atom stereocenters. The summed E-state index contributed by atoms with van der Waals surface area (Å²) < 4.78 is 1.34. The summed E-state index contributed by atoms with van der Waals surface area (Å²) in [5.74, 6) is -0.0308. The first-order valence-electron chi connectivity index (χ1n) is 9.41. The summed E-state index contributed by atoms with van der Waals surface area (Å²) in [6.07, 6.45) is 3.16. The van der Waals surface area contributed by atoms with Crippen LogP contribution in [0.1, 0.15) is 33.1 Å². The molecule has 0 spiro atoms. The summed E-state index contributed by atoms with van der Waals surface area (Å²) in [6, 6.07) is 11.8. The van der Waals surface area contributed by atoms with Crippen molar-refractivity contribution >= 4 is 28.0 Å². The van der Waals surface area contributed by atoms with E-state index in [9.17, 15) is 9.59 Å². The van der Waals surface area contributed by atoms with E-state index < -0.39 is 0 Å². The Kier molecular flexibility index (Phi) is 4.83. The molecule has 1 saturated heterocycles. The van der Waals surface area contributed by atoms with E-state index >= 15 is 0 Å². The van der Waals surface area contributed by atoms with Gasteiger partial charge < -0.3 is 4.90 Å². The van der Waals surface area contributed by atoms with Gasteiger partial charge in [-0.3, -0.25) is 9.59 Å². The van der Waals surface area contributed by atoms with E-state index in [1.54, 1.807) is 11.3 Å². The van der Waals surface area contributed by atoms with Gasteiger partial charge in [-0.1, -0.05) is 24.3 Å². The number of rotatable bonds is 3. The molecule has 1 aliphatic heterocycles. The van der Waals surface area contributed by atoms with Crippen LogP contribution in [0.3, 0.4) is 0 Å². The number of hydrogen-bond acceptors (Lipinski definition) is 4. The molecule has 3 heterocycles. The van der Waals surface area contributed by atoms with Crippen LogP contribution < -0.4 is 5.56 Å². The minimum Gasteiger partial charge on any atom is -0.336 e. The Bertz CT molecular complexity index is 1020. The monoisotopic (exact) mass is 381 g/mol. The van der Waals surface area contributed by atoms with Crippen LogP contribution in [0.4, 0.5) is 0 Å². The highest BCUT2D eigenvalue weighted by Gasteiger charge is 2.29. The molecule has 1 aliphatic rings. The van der Waals surface area contributed by atoms with Crippen molar-refractivity contribution in [3.8, 4) is 10.6 Å². The van der Waals surface area contributed by atoms with Gasteiger partial charge in [0.1, 0.15) is 12.2 Å². The first-order chi connectivity index (χ1) is 13.1. The fourth-order valence-corrected chi connectivity index (χ4v) is 4.78. The lowest BCUT2D eigenvalue weighted by Gasteiger charge is -2.39. The number of nitrogens with zero attached hydrogens (tertiary/aromatic N) is 3. The predicted molar refractivity (Wildman–Crippen MR) is 109 cm³/mol. The first-order valence-corrected chi connectivity index (χ1v) is 10.3. The van der Waals surface area contributed by atoms with Crippen LogP contribution in [0.2, 0.25) is 0 Å². The predicted octanol–water partition coefficient (Wildman–Crippen LogP) is 3.91. The van der Waals surface area contributed by atoms with Crippen molar-refractivity contribution in [3.05, 3.63) is 52.1 Å². The molecule has 0 unspecified atom stereocenters. The standard InChI is InChI=1S/C21H23N3O2S/c1-14-7-5-8-15(2)24(14)19(25)13-23-21(26)17-10-4-3-9-16(17)20(22-23)18-11-6-12-27-18/h3-4,6,9-12,14-15H,5,7-8,13H2,1-2H3/t14-,15-/m1/s1. The Morgan fingerprint density at radius 3 is 2.48 bits per heavy atom. The van der Waals surface area contributed by atoms with E-state index in [-0.39, 0.29) is 30.1 Å². The van der Waals surface area contributed by atoms with Crippen molar-refractivity contribution in [3.63, 3.8) is 0 Å². The molecule has 1 amide bonds. The maximum atomic E-state index is 13.0. The molecule has 0 bridgehead atoms. The maximum absolute atomic E-state index is 13.0. The number of carbonyl (C=O) groups is 1. The summed E-state index contributed by atoms with van der Waals surface area (Å²) in [5.41, 5.74) is 0.546. The van der Waals surface area contributed by atoms with E-state index in [1.165, 1.54) is 4.68 Å². The molecule has 0 saturated carbocycles. The van der Waals surface area contributed by atoms with Crippen LogP contribution in [0, 0.1) is 0 Å². The highest BCUT2D eigenvalue weighted by Crippen LogP contribution is 2.28. The molecular weight excluding hydrogens is 358 g/mol. The molecule has 3 aromatic rings. The number of carbonyl (C=O) groups excluding carboxylic acids is 1. The minimum atomic E-state index is -0.212. The largest absolute Gasteiger partial charge is 0.336 e. The maximum Gasteiger partial charge on any atom is 0.275 e. The van der Waals surface area contributed by atoms with Gasteiger partial charge in [-0.2, -0.15) is 5.10 Å². The molecule has 0 radical (unpaired) electrons. The SMILES string of the molecule is C[C@@H]1CCC[C@@H](C)N1C(=O)Cn1nc(-c2cccs2)c2ccccc2c1=O. The molecule has 0 aliphatic carbocycles. The zero-order valence-electron chi connectivity index (χ0n) is 15.6. The number of amides is 1. The Morgan fingerprint density at radius 2 is 1.81 bits per heavy atom. The smallest absolute Gasteiger partial charge is 0.275 e. The molecule has 1 fully saturated rings. The van der Waals surface area contributed by atoms with E-state index in [1.807, 2.05) is 46.7 Å². The molecule has 5 nitrogen and oxygen atoms in total. The third kappa shape index (κ3) is 3.30. The summed E-state index contributed by atoms with van der Waals surface area (Å²) in [7, 11) is 0. The Morgan fingerprint density at radius 1 is 1.11 bits per heavy atom. The van der Waals surface area contributed by atoms with Crippen molar-refractivity contribution in [2.75, 3.05) is 0 Å². The molecule has 1 aromatic carbocycles. The lowest BCUT2D eigenvalue weighted by molar-refractivity contribution is -0.138. The summed E-state index contributed by atoms with van der Waals surface area (Å²) in [6.45, 7) is 4.15. The van der Waals surface area contributed by atoms with Gasteiger partial charge in [0.2, 0.25) is 5.91 Å². The Hall–Kier alpha value is -2.47. The fourth-order valence-electron chi connectivity index (χ4n) is 4.06. The van der Waals surface area contributed by atoms with Crippen molar-refractivity contribution in [1.29, 1.82) is 0 Å². The number of thiophene rings is 1. The van der Waals surface area contributed by atoms with Gasteiger partial charge in [-0.15, -0.1) is 11.3 Å². The van der Waals surface area contributed by atoms with Gasteiger partial charge in [0.05, 0.1) is 10.3 Å². The van der Waals surface area contributed by atoms with Crippen molar-refractivity contribution < 1.29 is 4.79 Å². The quantitative estimate of drug-likeness (QED) is 0.691. The average Bonchev–Trinajstić information content (AvgIpc) is 3.18. The lowest BCUT2D eigenvalue weighted by atomic mass is 9.97. The second-order valence-electron chi connectivity index (χ2n) is 7.26. The molecule has 27 heavy (non-hydrogen) atoms. The summed E-state index contributed by atoms with van der Waals surface area (Å²) in [5, 5.41) is 8.01. The molecular formula is C21H23N3O2S. The van der Waals surface area contributed by atoms with E-state index in [2.05, 4.69) is 18.9 Å². The summed E-state index contributed by atoms with van der Waals surface area (Å²) >= 11 is 1.58. The van der Waals surface area contributed by atoms with Crippen molar-refractivity contribution in [2.24, 2.45) is 0 Å². The van der Waals surface area contributed by atoms with Gasteiger partial charge in [-0.25, -0.2) is 4.68 Å². The van der Waals surface area contributed by atoms with Crippen molar-refractivity contribution in [2.45, 2.75) is 51.7 Å². The fraction of sp³-hybridized carbons (Fsp3) is 0.381. The first kappa shape index (κ1) is 17.9. The zero-order chi connectivity index (χ0) is 19.0. The van der Waals surface area contributed by atoms with Gasteiger partial charge in [0.25, 0.3) is 5.56 Å². The molecule has 2 aromatic heterocycles.